The maximum Gasteiger partial charge on any atom is 0.0540 e. The summed E-state index contributed by atoms with van der Waals surface area (Å²) in [5.74, 6) is 0. The number of aliphatic hydroxyl groups excluding tert-OH is 1. The van der Waals surface area contributed by atoms with Crippen LogP contribution in [0.3, 0.4) is 0 Å². The quantitative estimate of drug-likeness (QED) is 0.541. The first kappa shape index (κ1) is 13.0. The lowest BCUT2D eigenvalue weighted by Crippen LogP contribution is -2.05. The highest BCUT2D eigenvalue weighted by Crippen LogP contribution is 2.11. The number of unbranched alkanes of at least 4 members (excludes halogenated alkanes) is 5. The molecule has 13 heavy (non-hydrogen) atoms. The zero-order valence-corrected chi connectivity index (χ0v) is 9.39. The van der Waals surface area contributed by atoms with E-state index in [9.17, 15) is 5.11 Å². The molecule has 0 fully saturated rings. The number of hydrogen-bond donors (Lipinski definition) is 1. The molecule has 0 aliphatic rings. The Bertz CT molecular complexity index is 91.1. The Morgan fingerprint density at radius 3 is 1.77 bits per heavy atom. The largest absolute Gasteiger partial charge is 0.393 e. The Labute approximate surface area is 83.5 Å². The monoisotopic (exact) mass is 186 g/mol. The van der Waals surface area contributed by atoms with Gasteiger partial charge < -0.3 is 5.11 Å². The van der Waals surface area contributed by atoms with Crippen LogP contribution < -0.4 is 0 Å². The fourth-order valence-electron chi connectivity index (χ4n) is 1.58. The average Bonchev–Trinajstić information content (AvgIpc) is 2.13. The molecule has 0 aromatic carbocycles. The summed E-state index contributed by atoms with van der Waals surface area (Å²) in [5, 5.41) is 9.58. The van der Waals surface area contributed by atoms with Gasteiger partial charge in [-0.25, -0.2) is 0 Å². The topological polar surface area (TPSA) is 20.2 Å². The average molecular weight is 186 g/mol. The summed E-state index contributed by atoms with van der Waals surface area (Å²) in [4.78, 5) is 0. The van der Waals surface area contributed by atoms with Gasteiger partial charge >= 0.3 is 0 Å². The van der Waals surface area contributed by atoms with Gasteiger partial charge in [-0.3, -0.25) is 0 Å². The van der Waals surface area contributed by atoms with Gasteiger partial charge in [-0.05, 0) is 12.8 Å². The second-order valence-corrected chi connectivity index (χ2v) is 4.00. The van der Waals surface area contributed by atoms with E-state index in [2.05, 4.69) is 13.8 Å². The summed E-state index contributed by atoms with van der Waals surface area (Å²) in [7, 11) is 0. The van der Waals surface area contributed by atoms with Crippen molar-refractivity contribution in [3.63, 3.8) is 0 Å². The minimum atomic E-state index is -0.0246. The van der Waals surface area contributed by atoms with E-state index in [1.54, 1.807) is 0 Å². The predicted octanol–water partition coefficient (Wildman–Crippen LogP) is 3.90. The van der Waals surface area contributed by atoms with Crippen molar-refractivity contribution in [2.24, 2.45) is 0 Å². The lowest BCUT2D eigenvalue weighted by atomic mass is 10.0. The molecule has 0 aromatic rings. The van der Waals surface area contributed by atoms with Crippen LogP contribution in [0.4, 0.5) is 0 Å². The third-order valence-electron chi connectivity index (χ3n) is 2.53. The zero-order valence-electron chi connectivity index (χ0n) is 9.39. The van der Waals surface area contributed by atoms with Crippen LogP contribution in [0.25, 0.3) is 0 Å². The van der Waals surface area contributed by atoms with Crippen molar-refractivity contribution in [1.82, 2.24) is 0 Å². The van der Waals surface area contributed by atoms with Crippen molar-refractivity contribution in [3.05, 3.63) is 0 Å². The van der Waals surface area contributed by atoms with Gasteiger partial charge in [-0.2, -0.15) is 0 Å². The van der Waals surface area contributed by atoms with E-state index in [0.29, 0.717) is 0 Å². The molecule has 1 N–H and O–H groups in total. The Morgan fingerprint density at radius 2 is 1.23 bits per heavy atom. The van der Waals surface area contributed by atoms with E-state index in [1.165, 1.54) is 44.9 Å². The number of aliphatic hydroxyl groups is 1. The molecule has 0 aromatic heterocycles. The van der Waals surface area contributed by atoms with E-state index in [-0.39, 0.29) is 6.10 Å². The molecule has 0 spiro atoms. The van der Waals surface area contributed by atoms with Gasteiger partial charge in [0.2, 0.25) is 0 Å². The lowest BCUT2D eigenvalue weighted by Gasteiger charge is -2.09. The molecule has 0 bridgehead atoms. The van der Waals surface area contributed by atoms with Crippen LogP contribution in [0.5, 0.6) is 0 Å². The molecular formula is C12H26O. The summed E-state index contributed by atoms with van der Waals surface area (Å²) in [6.07, 6.45) is 10.8. The Balaban J connectivity index is 3.05. The van der Waals surface area contributed by atoms with Crippen molar-refractivity contribution < 1.29 is 5.11 Å². The van der Waals surface area contributed by atoms with Crippen LogP contribution in [-0.2, 0) is 0 Å². The molecule has 0 radical (unpaired) electrons. The van der Waals surface area contributed by atoms with Gasteiger partial charge in [-0.1, -0.05) is 58.8 Å². The van der Waals surface area contributed by atoms with Crippen molar-refractivity contribution in [3.8, 4) is 0 Å². The SMILES string of the molecule is CCCCCC[C@H](O)CCCCC. The fraction of sp³-hybridized carbons (Fsp3) is 1.00. The van der Waals surface area contributed by atoms with Crippen molar-refractivity contribution in [1.29, 1.82) is 0 Å². The Kier molecular flexibility index (Phi) is 10.0. The fourth-order valence-corrected chi connectivity index (χ4v) is 1.58. The molecule has 80 valence electrons. The first-order chi connectivity index (χ1) is 6.31. The van der Waals surface area contributed by atoms with Crippen LogP contribution in [-0.4, -0.2) is 11.2 Å². The standard InChI is InChI=1S/C12H26O/c1-3-5-7-9-11-12(13)10-8-6-4-2/h12-13H,3-11H2,1-2H3/t12-/m1/s1. The van der Waals surface area contributed by atoms with Gasteiger partial charge in [0, 0.05) is 0 Å². The third kappa shape index (κ3) is 9.88. The first-order valence-electron chi connectivity index (χ1n) is 5.99. The molecular weight excluding hydrogens is 160 g/mol. The number of rotatable bonds is 9. The van der Waals surface area contributed by atoms with Crippen LogP contribution in [0.1, 0.15) is 71.6 Å². The van der Waals surface area contributed by atoms with Crippen LogP contribution in [0.2, 0.25) is 0 Å². The zero-order chi connectivity index (χ0) is 9.94. The predicted molar refractivity (Wildman–Crippen MR) is 58.9 cm³/mol. The molecule has 1 nitrogen and oxygen atoms in total. The van der Waals surface area contributed by atoms with Crippen LogP contribution in [0.15, 0.2) is 0 Å². The van der Waals surface area contributed by atoms with Crippen molar-refractivity contribution in [2.45, 2.75) is 77.7 Å². The van der Waals surface area contributed by atoms with Gasteiger partial charge in [0.15, 0.2) is 0 Å². The molecule has 1 atom stereocenters. The van der Waals surface area contributed by atoms with Crippen LogP contribution >= 0.6 is 0 Å². The molecule has 0 rings (SSSR count). The van der Waals surface area contributed by atoms with Crippen molar-refractivity contribution in [2.75, 3.05) is 0 Å². The molecule has 0 amide bonds. The second-order valence-electron chi connectivity index (χ2n) is 4.00. The number of hydrogen-bond acceptors (Lipinski definition) is 1. The normalized spacial score (nSPS) is 13.2. The Hall–Kier alpha value is -0.0400. The highest BCUT2D eigenvalue weighted by Gasteiger charge is 2.02. The second kappa shape index (κ2) is 10.0. The molecule has 0 saturated heterocycles. The van der Waals surface area contributed by atoms with Gasteiger partial charge in [0.05, 0.1) is 6.10 Å². The third-order valence-corrected chi connectivity index (χ3v) is 2.53. The summed E-state index contributed by atoms with van der Waals surface area (Å²) in [6, 6.07) is 0. The molecule has 0 aliphatic heterocycles. The summed E-state index contributed by atoms with van der Waals surface area (Å²) in [6.45, 7) is 4.42. The van der Waals surface area contributed by atoms with E-state index >= 15 is 0 Å². The minimum Gasteiger partial charge on any atom is -0.393 e. The molecule has 0 aliphatic carbocycles. The highest BCUT2D eigenvalue weighted by molar-refractivity contribution is 4.56. The molecule has 0 saturated carbocycles. The summed E-state index contributed by atoms with van der Waals surface area (Å²) < 4.78 is 0. The van der Waals surface area contributed by atoms with Gasteiger partial charge in [-0.15, -0.1) is 0 Å². The van der Waals surface area contributed by atoms with Gasteiger partial charge in [0.25, 0.3) is 0 Å². The summed E-state index contributed by atoms with van der Waals surface area (Å²) in [5.41, 5.74) is 0. The smallest absolute Gasteiger partial charge is 0.0540 e. The maximum absolute atomic E-state index is 9.58. The summed E-state index contributed by atoms with van der Waals surface area (Å²) >= 11 is 0. The first-order valence-corrected chi connectivity index (χ1v) is 5.99. The van der Waals surface area contributed by atoms with E-state index in [0.717, 1.165) is 12.8 Å². The van der Waals surface area contributed by atoms with E-state index in [1.807, 2.05) is 0 Å². The Morgan fingerprint density at radius 1 is 0.769 bits per heavy atom. The highest BCUT2D eigenvalue weighted by atomic mass is 16.3. The van der Waals surface area contributed by atoms with E-state index < -0.39 is 0 Å². The lowest BCUT2D eigenvalue weighted by molar-refractivity contribution is 0.147. The van der Waals surface area contributed by atoms with Crippen LogP contribution in [0, 0.1) is 0 Å². The van der Waals surface area contributed by atoms with Crippen molar-refractivity contribution >= 4 is 0 Å². The minimum absolute atomic E-state index is 0.0246. The molecule has 0 heterocycles. The maximum atomic E-state index is 9.58. The molecule has 1 heteroatoms. The van der Waals surface area contributed by atoms with Gasteiger partial charge in [0.1, 0.15) is 0 Å². The molecule has 0 unspecified atom stereocenters. The van der Waals surface area contributed by atoms with E-state index in [4.69, 9.17) is 0 Å².